The van der Waals surface area contributed by atoms with Crippen molar-refractivity contribution < 1.29 is 0 Å². The van der Waals surface area contributed by atoms with E-state index >= 15 is 0 Å². The fraction of sp³-hybridized carbons (Fsp3) is 0.684. The molecular weight excluding hydrogens is 256 g/mol. The lowest BCUT2D eigenvalue weighted by Gasteiger charge is -2.29. The van der Waals surface area contributed by atoms with Gasteiger partial charge in [0.2, 0.25) is 0 Å². The van der Waals surface area contributed by atoms with Crippen LogP contribution >= 0.6 is 0 Å². The quantitative estimate of drug-likeness (QED) is 0.769. The molecule has 0 aliphatic heterocycles. The third kappa shape index (κ3) is 6.09. The Balaban J connectivity index is 2.92. The largest absolute Gasteiger partial charge is 0.371 e. The zero-order chi connectivity index (χ0) is 16.0. The first-order valence-electron chi connectivity index (χ1n) is 8.43. The summed E-state index contributed by atoms with van der Waals surface area (Å²) in [5.41, 5.74) is 10.2. The second-order valence-corrected chi connectivity index (χ2v) is 7.18. The lowest BCUT2D eigenvalue weighted by atomic mass is 9.99. The van der Waals surface area contributed by atoms with Crippen molar-refractivity contribution in [2.75, 3.05) is 18.0 Å². The molecular formula is C19H34N2. The second kappa shape index (κ2) is 8.43. The molecule has 2 N–H and O–H groups in total. The fourth-order valence-electron chi connectivity index (χ4n) is 2.70. The molecule has 21 heavy (non-hydrogen) atoms. The van der Waals surface area contributed by atoms with Crippen LogP contribution in [-0.2, 0) is 6.42 Å². The van der Waals surface area contributed by atoms with Crippen LogP contribution < -0.4 is 10.6 Å². The summed E-state index contributed by atoms with van der Waals surface area (Å²) in [5, 5.41) is 0. The molecule has 120 valence electrons. The molecule has 2 heteroatoms. The predicted octanol–water partition coefficient (Wildman–Crippen LogP) is 4.39. The highest BCUT2D eigenvalue weighted by Crippen LogP contribution is 2.22. The number of rotatable bonds is 8. The van der Waals surface area contributed by atoms with Crippen molar-refractivity contribution in [3.05, 3.63) is 29.3 Å². The molecule has 0 saturated carbocycles. The van der Waals surface area contributed by atoms with Crippen LogP contribution in [0.15, 0.2) is 18.2 Å². The van der Waals surface area contributed by atoms with Gasteiger partial charge in [0.25, 0.3) is 0 Å². The molecule has 0 heterocycles. The molecule has 0 bridgehead atoms. The van der Waals surface area contributed by atoms with Gasteiger partial charge in [0.15, 0.2) is 0 Å². The van der Waals surface area contributed by atoms with Gasteiger partial charge in [0, 0.05) is 24.8 Å². The number of nitrogens with zero attached hydrogens (tertiary/aromatic N) is 1. The average Bonchev–Trinajstić information content (AvgIpc) is 2.39. The average molecular weight is 290 g/mol. The van der Waals surface area contributed by atoms with Crippen LogP contribution in [-0.4, -0.2) is 19.1 Å². The summed E-state index contributed by atoms with van der Waals surface area (Å²) in [4.78, 5) is 2.52. The molecule has 0 saturated heterocycles. The van der Waals surface area contributed by atoms with E-state index in [0.717, 1.165) is 25.9 Å². The molecule has 1 unspecified atom stereocenters. The Morgan fingerprint density at radius 2 is 1.62 bits per heavy atom. The van der Waals surface area contributed by atoms with Crippen LogP contribution in [0, 0.1) is 18.8 Å². The first-order chi connectivity index (χ1) is 9.83. The first-order valence-corrected chi connectivity index (χ1v) is 8.43. The van der Waals surface area contributed by atoms with E-state index in [2.05, 4.69) is 64.6 Å². The highest BCUT2D eigenvalue weighted by molar-refractivity contribution is 5.51. The molecule has 0 aromatic heterocycles. The van der Waals surface area contributed by atoms with E-state index in [4.69, 9.17) is 5.73 Å². The van der Waals surface area contributed by atoms with Crippen molar-refractivity contribution >= 4 is 5.69 Å². The summed E-state index contributed by atoms with van der Waals surface area (Å²) >= 11 is 0. The molecule has 0 amide bonds. The summed E-state index contributed by atoms with van der Waals surface area (Å²) in [6, 6.07) is 7.16. The zero-order valence-corrected chi connectivity index (χ0v) is 14.8. The van der Waals surface area contributed by atoms with Gasteiger partial charge in [-0.15, -0.1) is 0 Å². The van der Waals surface area contributed by atoms with Crippen LogP contribution in [0.4, 0.5) is 5.69 Å². The third-order valence-electron chi connectivity index (χ3n) is 3.87. The van der Waals surface area contributed by atoms with E-state index < -0.39 is 0 Å². The lowest BCUT2D eigenvalue weighted by Crippen LogP contribution is -2.31. The maximum atomic E-state index is 6.09. The van der Waals surface area contributed by atoms with Gasteiger partial charge in [-0.25, -0.2) is 0 Å². The van der Waals surface area contributed by atoms with Crippen molar-refractivity contribution in [3.8, 4) is 0 Å². The van der Waals surface area contributed by atoms with Crippen molar-refractivity contribution in [3.63, 3.8) is 0 Å². The Hall–Kier alpha value is -1.02. The summed E-state index contributed by atoms with van der Waals surface area (Å²) in [7, 11) is 0. The SMILES string of the molecule is CCC(N)Cc1ccc(N(CC(C)C)CC(C)C)cc1C. The standard InChI is InChI=1S/C19H34N2/c1-7-18(20)11-17-8-9-19(10-16(17)6)21(12-14(2)3)13-15(4)5/h8-10,14-15,18H,7,11-13,20H2,1-6H3. The molecule has 1 aromatic carbocycles. The number of anilines is 1. The highest BCUT2D eigenvalue weighted by Gasteiger charge is 2.12. The summed E-state index contributed by atoms with van der Waals surface area (Å²) in [5.74, 6) is 1.36. The molecule has 1 aromatic rings. The van der Waals surface area contributed by atoms with Gasteiger partial charge < -0.3 is 10.6 Å². The van der Waals surface area contributed by atoms with Crippen LogP contribution in [0.5, 0.6) is 0 Å². The minimum Gasteiger partial charge on any atom is -0.371 e. The monoisotopic (exact) mass is 290 g/mol. The van der Waals surface area contributed by atoms with Crippen molar-refractivity contribution in [1.29, 1.82) is 0 Å². The Bertz CT molecular complexity index is 414. The maximum Gasteiger partial charge on any atom is 0.0369 e. The van der Waals surface area contributed by atoms with Gasteiger partial charge in [0.05, 0.1) is 0 Å². The number of benzene rings is 1. The van der Waals surface area contributed by atoms with Crippen LogP contribution in [0.25, 0.3) is 0 Å². The van der Waals surface area contributed by atoms with Crippen LogP contribution in [0.2, 0.25) is 0 Å². The molecule has 0 spiro atoms. The van der Waals surface area contributed by atoms with Gasteiger partial charge in [-0.2, -0.15) is 0 Å². The van der Waals surface area contributed by atoms with Crippen LogP contribution in [0.1, 0.15) is 52.2 Å². The Morgan fingerprint density at radius 3 is 2.05 bits per heavy atom. The third-order valence-corrected chi connectivity index (χ3v) is 3.87. The number of hydrogen-bond acceptors (Lipinski definition) is 2. The minimum absolute atomic E-state index is 0.275. The van der Waals surface area contributed by atoms with E-state index in [-0.39, 0.29) is 6.04 Å². The van der Waals surface area contributed by atoms with E-state index in [1.165, 1.54) is 16.8 Å². The molecule has 0 aliphatic rings. The summed E-state index contributed by atoms with van der Waals surface area (Å²) < 4.78 is 0. The smallest absolute Gasteiger partial charge is 0.0369 e. The maximum absolute atomic E-state index is 6.09. The number of aryl methyl sites for hydroxylation is 1. The Labute approximate surface area is 131 Å². The minimum atomic E-state index is 0.275. The fourth-order valence-corrected chi connectivity index (χ4v) is 2.70. The van der Waals surface area contributed by atoms with Gasteiger partial charge in [-0.1, -0.05) is 40.7 Å². The molecule has 2 nitrogen and oxygen atoms in total. The van der Waals surface area contributed by atoms with Gasteiger partial charge in [0.1, 0.15) is 0 Å². The molecule has 1 rings (SSSR count). The predicted molar refractivity (Wildman–Crippen MR) is 95.0 cm³/mol. The number of hydrogen-bond donors (Lipinski definition) is 1. The topological polar surface area (TPSA) is 29.3 Å². The normalized spacial score (nSPS) is 13.0. The van der Waals surface area contributed by atoms with E-state index in [1.54, 1.807) is 0 Å². The van der Waals surface area contributed by atoms with E-state index in [0.29, 0.717) is 11.8 Å². The van der Waals surface area contributed by atoms with Gasteiger partial charge >= 0.3 is 0 Å². The second-order valence-electron chi connectivity index (χ2n) is 7.18. The van der Waals surface area contributed by atoms with Crippen molar-refractivity contribution in [2.45, 2.75) is 60.4 Å². The Kier molecular flexibility index (Phi) is 7.24. The molecule has 0 aliphatic carbocycles. The molecule has 0 radical (unpaired) electrons. The molecule has 1 atom stereocenters. The van der Waals surface area contributed by atoms with Crippen molar-refractivity contribution in [2.24, 2.45) is 17.6 Å². The Morgan fingerprint density at radius 1 is 1.05 bits per heavy atom. The van der Waals surface area contributed by atoms with Crippen LogP contribution in [0.3, 0.4) is 0 Å². The molecule has 0 fully saturated rings. The summed E-state index contributed by atoms with van der Waals surface area (Å²) in [6.07, 6.45) is 2.02. The zero-order valence-electron chi connectivity index (χ0n) is 14.8. The van der Waals surface area contributed by atoms with Crippen molar-refractivity contribution in [1.82, 2.24) is 0 Å². The van der Waals surface area contributed by atoms with E-state index in [9.17, 15) is 0 Å². The summed E-state index contributed by atoms with van der Waals surface area (Å²) in [6.45, 7) is 15.7. The number of nitrogens with two attached hydrogens (primary N) is 1. The van der Waals surface area contributed by atoms with Gasteiger partial charge in [-0.3, -0.25) is 0 Å². The first kappa shape index (κ1) is 18.0. The lowest BCUT2D eigenvalue weighted by molar-refractivity contribution is 0.552. The van der Waals surface area contributed by atoms with Gasteiger partial charge in [-0.05, 0) is 54.9 Å². The highest BCUT2D eigenvalue weighted by atomic mass is 15.1. The van der Waals surface area contributed by atoms with E-state index in [1.807, 2.05) is 0 Å².